The van der Waals surface area contributed by atoms with Crippen molar-refractivity contribution in [3.8, 4) is 5.75 Å². The number of nitrogens with zero attached hydrogens (tertiary/aromatic N) is 1. The number of aromatic hydroxyl groups is 1. The standard InChI is InChI=1S/C15H21NO2.C8H10S/c17-14-6-4-11(5-7-14)15(18)10-16-8-12-2-1-3-13(12)9-16;1-2-9-8-6-4-3-5-7-8/h4-7,12-13,15,17-18H,1-3,8-10H2;3-7H,2H2,1H3/t12-,13+,15?;. The van der Waals surface area contributed by atoms with Crippen molar-refractivity contribution < 1.29 is 10.2 Å². The molecule has 146 valence electrons. The molecule has 4 rings (SSSR count). The predicted molar refractivity (Wildman–Crippen MR) is 113 cm³/mol. The zero-order chi connectivity index (χ0) is 19.1. The number of rotatable bonds is 5. The van der Waals surface area contributed by atoms with Crippen molar-refractivity contribution in [3.63, 3.8) is 0 Å². The molecule has 0 radical (unpaired) electrons. The highest BCUT2D eigenvalue weighted by atomic mass is 32.2. The Morgan fingerprint density at radius 3 is 2.22 bits per heavy atom. The molecule has 2 aliphatic rings. The van der Waals surface area contributed by atoms with Crippen LogP contribution in [0.4, 0.5) is 0 Å². The second-order valence-electron chi connectivity index (χ2n) is 7.52. The Hall–Kier alpha value is -1.49. The highest BCUT2D eigenvalue weighted by molar-refractivity contribution is 7.99. The van der Waals surface area contributed by atoms with Crippen LogP contribution in [0.3, 0.4) is 0 Å². The van der Waals surface area contributed by atoms with Gasteiger partial charge in [0.1, 0.15) is 5.75 Å². The number of aliphatic hydroxyl groups excluding tert-OH is 1. The molecule has 1 saturated carbocycles. The maximum absolute atomic E-state index is 10.2. The minimum Gasteiger partial charge on any atom is -0.508 e. The molecule has 1 unspecified atom stereocenters. The first kappa shape index (κ1) is 20.2. The summed E-state index contributed by atoms with van der Waals surface area (Å²) in [6.07, 6.45) is 3.70. The van der Waals surface area contributed by atoms with E-state index in [0.29, 0.717) is 0 Å². The van der Waals surface area contributed by atoms with Gasteiger partial charge in [0.2, 0.25) is 0 Å². The number of hydrogen-bond donors (Lipinski definition) is 2. The number of likely N-dealkylation sites (tertiary alicyclic amines) is 1. The maximum atomic E-state index is 10.2. The third kappa shape index (κ3) is 6.00. The van der Waals surface area contributed by atoms with Gasteiger partial charge in [-0.25, -0.2) is 0 Å². The van der Waals surface area contributed by atoms with Crippen molar-refractivity contribution in [1.82, 2.24) is 4.90 Å². The average Bonchev–Trinajstić information content (AvgIpc) is 3.25. The number of phenols is 1. The molecular weight excluding hydrogens is 354 g/mol. The molecule has 2 N–H and O–H groups in total. The minimum absolute atomic E-state index is 0.252. The van der Waals surface area contributed by atoms with E-state index in [1.54, 1.807) is 24.3 Å². The quantitative estimate of drug-likeness (QED) is 0.714. The lowest BCUT2D eigenvalue weighted by Gasteiger charge is -2.21. The molecule has 2 fully saturated rings. The highest BCUT2D eigenvalue weighted by Gasteiger charge is 2.36. The Bertz CT molecular complexity index is 665. The van der Waals surface area contributed by atoms with E-state index in [-0.39, 0.29) is 5.75 Å². The SMILES string of the molecule is CCSc1ccccc1.Oc1ccc(C(O)CN2C[C@H]3CCC[C@H]3C2)cc1. The number of benzene rings is 2. The van der Waals surface area contributed by atoms with Crippen LogP contribution in [-0.4, -0.2) is 40.5 Å². The number of fused-ring (bicyclic) bond motifs is 1. The summed E-state index contributed by atoms with van der Waals surface area (Å²) in [5.74, 6) is 3.15. The van der Waals surface area contributed by atoms with Crippen molar-refractivity contribution in [1.29, 1.82) is 0 Å². The van der Waals surface area contributed by atoms with Crippen LogP contribution in [0.5, 0.6) is 5.75 Å². The van der Waals surface area contributed by atoms with E-state index in [4.69, 9.17) is 0 Å². The van der Waals surface area contributed by atoms with Crippen molar-refractivity contribution in [2.75, 3.05) is 25.4 Å². The van der Waals surface area contributed by atoms with Gasteiger partial charge in [0.05, 0.1) is 6.10 Å². The molecule has 1 heterocycles. The summed E-state index contributed by atoms with van der Waals surface area (Å²) in [6, 6.07) is 17.3. The molecule has 3 atom stereocenters. The molecule has 0 amide bonds. The number of aliphatic hydroxyl groups is 1. The Morgan fingerprint density at radius 2 is 1.63 bits per heavy atom. The Labute approximate surface area is 167 Å². The van der Waals surface area contributed by atoms with Gasteiger partial charge in [-0.1, -0.05) is 43.7 Å². The predicted octanol–water partition coefficient (Wildman–Crippen LogP) is 4.96. The normalized spacial score (nSPS) is 22.7. The fourth-order valence-corrected chi connectivity index (χ4v) is 4.89. The van der Waals surface area contributed by atoms with E-state index in [1.165, 1.54) is 24.2 Å². The van der Waals surface area contributed by atoms with Crippen LogP contribution in [0.2, 0.25) is 0 Å². The summed E-state index contributed by atoms with van der Waals surface area (Å²) in [6.45, 7) is 5.19. The third-order valence-electron chi connectivity index (χ3n) is 5.57. The zero-order valence-corrected chi connectivity index (χ0v) is 16.9. The maximum Gasteiger partial charge on any atom is 0.115 e. The summed E-state index contributed by atoms with van der Waals surface area (Å²) in [5, 5.41) is 19.5. The van der Waals surface area contributed by atoms with Gasteiger partial charge in [-0.3, -0.25) is 4.90 Å². The molecule has 2 aromatic carbocycles. The van der Waals surface area contributed by atoms with E-state index >= 15 is 0 Å². The number of phenolic OH excluding ortho intramolecular Hbond substituents is 1. The van der Waals surface area contributed by atoms with Crippen molar-refractivity contribution in [3.05, 3.63) is 60.2 Å². The third-order valence-corrected chi connectivity index (χ3v) is 6.46. The van der Waals surface area contributed by atoms with E-state index < -0.39 is 6.10 Å². The van der Waals surface area contributed by atoms with Crippen molar-refractivity contribution in [2.24, 2.45) is 11.8 Å². The molecule has 0 spiro atoms. The summed E-state index contributed by atoms with van der Waals surface area (Å²) in [4.78, 5) is 3.76. The van der Waals surface area contributed by atoms with Gasteiger partial charge in [-0.05, 0) is 60.3 Å². The molecule has 1 saturated heterocycles. The van der Waals surface area contributed by atoms with Crippen LogP contribution in [0, 0.1) is 11.8 Å². The minimum atomic E-state index is -0.440. The van der Waals surface area contributed by atoms with E-state index in [1.807, 2.05) is 17.8 Å². The van der Waals surface area contributed by atoms with Gasteiger partial charge >= 0.3 is 0 Å². The first-order valence-corrected chi connectivity index (χ1v) is 11.0. The topological polar surface area (TPSA) is 43.7 Å². The molecule has 3 nitrogen and oxygen atoms in total. The fraction of sp³-hybridized carbons (Fsp3) is 0.478. The van der Waals surface area contributed by atoms with Crippen LogP contribution in [0.15, 0.2) is 59.5 Å². The lowest BCUT2D eigenvalue weighted by Crippen LogP contribution is -2.27. The molecule has 1 aliphatic carbocycles. The largest absolute Gasteiger partial charge is 0.508 e. The van der Waals surface area contributed by atoms with Gasteiger partial charge in [0.25, 0.3) is 0 Å². The molecule has 0 bridgehead atoms. The zero-order valence-electron chi connectivity index (χ0n) is 16.1. The number of hydrogen-bond acceptors (Lipinski definition) is 4. The summed E-state index contributed by atoms with van der Waals surface area (Å²) in [7, 11) is 0. The van der Waals surface area contributed by atoms with Crippen LogP contribution < -0.4 is 0 Å². The van der Waals surface area contributed by atoms with E-state index in [2.05, 4.69) is 36.1 Å². The summed E-state index contributed by atoms with van der Waals surface area (Å²) in [5.41, 5.74) is 0.893. The van der Waals surface area contributed by atoms with Crippen LogP contribution in [0.1, 0.15) is 37.9 Å². The Balaban J connectivity index is 0.000000197. The lowest BCUT2D eigenvalue weighted by molar-refractivity contribution is 0.122. The number of thioether (sulfide) groups is 1. The molecule has 2 aromatic rings. The number of β-amino-alcohol motifs (C(OH)–C–C–N with tert-alkyl or cyclic N) is 1. The average molecular weight is 386 g/mol. The van der Waals surface area contributed by atoms with Gasteiger partial charge in [-0.15, -0.1) is 11.8 Å². The van der Waals surface area contributed by atoms with E-state index in [0.717, 1.165) is 42.8 Å². The molecule has 4 heteroatoms. The lowest BCUT2D eigenvalue weighted by atomic mass is 10.0. The van der Waals surface area contributed by atoms with E-state index in [9.17, 15) is 10.2 Å². The second-order valence-corrected chi connectivity index (χ2v) is 8.86. The van der Waals surface area contributed by atoms with Gasteiger partial charge in [0.15, 0.2) is 0 Å². The van der Waals surface area contributed by atoms with Crippen molar-refractivity contribution in [2.45, 2.75) is 37.2 Å². The monoisotopic (exact) mass is 385 g/mol. The molecular formula is C23H31NO2S. The fourth-order valence-electron chi connectivity index (χ4n) is 4.21. The van der Waals surface area contributed by atoms with Crippen LogP contribution in [-0.2, 0) is 0 Å². The first-order valence-electron chi connectivity index (χ1n) is 10.0. The van der Waals surface area contributed by atoms with Crippen molar-refractivity contribution >= 4 is 11.8 Å². The summed E-state index contributed by atoms with van der Waals surface area (Å²) >= 11 is 1.88. The van der Waals surface area contributed by atoms with Crippen LogP contribution in [0.25, 0.3) is 0 Å². The summed E-state index contributed by atoms with van der Waals surface area (Å²) < 4.78 is 0. The first-order chi connectivity index (χ1) is 13.2. The molecule has 0 aromatic heterocycles. The Morgan fingerprint density at radius 1 is 1.00 bits per heavy atom. The van der Waals surface area contributed by atoms with Gasteiger partial charge < -0.3 is 10.2 Å². The smallest absolute Gasteiger partial charge is 0.115 e. The van der Waals surface area contributed by atoms with Gasteiger partial charge in [-0.2, -0.15) is 0 Å². The highest BCUT2D eigenvalue weighted by Crippen LogP contribution is 2.38. The second kappa shape index (κ2) is 10.2. The molecule has 27 heavy (non-hydrogen) atoms. The molecule has 1 aliphatic heterocycles. The Kier molecular flexibility index (Phi) is 7.62. The van der Waals surface area contributed by atoms with Gasteiger partial charge in [0, 0.05) is 24.5 Å². The van der Waals surface area contributed by atoms with Crippen LogP contribution >= 0.6 is 11.8 Å².